The van der Waals surface area contributed by atoms with Crippen LogP contribution in [-0.4, -0.2) is 46.4 Å². The lowest BCUT2D eigenvalue weighted by Crippen LogP contribution is -2.47. The number of benzene rings is 1. The van der Waals surface area contributed by atoms with Crippen molar-refractivity contribution in [2.75, 3.05) is 12.0 Å². The van der Waals surface area contributed by atoms with E-state index < -0.39 is 32.5 Å². The summed E-state index contributed by atoms with van der Waals surface area (Å²) in [6.07, 6.45) is 2.88. The van der Waals surface area contributed by atoms with Gasteiger partial charge in [0.2, 0.25) is 10.0 Å². The minimum absolute atomic E-state index is 0.0768. The van der Waals surface area contributed by atoms with E-state index in [0.29, 0.717) is 5.82 Å². The highest BCUT2D eigenvalue weighted by atomic mass is 32.3. The number of nitrogens with two attached hydrogens (primary N) is 3. The molecule has 1 aromatic carbocycles. The van der Waals surface area contributed by atoms with Crippen molar-refractivity contribution in [2.45, 2.75) is 23.5 Å². The molecule has 0 fully saturated rings. The zero-order chi connectivity index (χ0) is 23.5. The molecule has 32 heavy (non-hydrogen) atoms. The third-order valence-electron chi connectivity index (χ3n) is 4.55. The van der Waals surface area contributed by atoms with Gasteiger partial charge in [0, 0.05) is 12.1 Å². The number of nitrogens with zero attached hydrogens (tertiary/aromatic N) is 3. The van der Waals surface area contributed by atoms with Crippen molar-refractivity contribution in [3.63, 3.8) is 0 Å². The lowest BCUT2D eigenvalue weighted by molar-refractivity contribution is -0.136. The molecule has 0 bridgehead atoms. The average Bonchev–Trinajstić information content (AvgIpc) is 3.18. The fourth-order valence-corrected chi connectivity index (χ4v) is 5.52. The Labute approximate surface area is 188 Å². The number of rotatable bonds is 8. The van der Waals surface area contributed by atoms with Crippen LogP contribution in [0.2, 0.25) is 0 Å². The van der Waals surface area contributed by atoms with Gasteiger partial charge in [-0.3, -0.25) is 0 Å². The van der Waals surface area contributed by atoms with Crippen LogP contribution >= 0.6 is 11.8 Å². The van der Waals surface area contributed by atoms with Gasteiger partial charge in [-0.15, -0.1) is 11.8 Å². The van der Waals surface area contributed by atoms with Crippen LogP contribution in [0.15, 0.2) is 47.1 Å². The number of ether oxygens (including phenoxy) is 1. The molecule has 3 unspecified atom stereocenters. The van der Waals surface area contributed by atoms with Crippen molar-refractivity contribution in [2.24, 2.45) is 10.9 Å². The average molecular weight is 479 g/mol. The fourth-order valence-electron chi connectivity index (χ4n) is 3.09. The maximum Gasteiger partial charge on any atom is 0.329 e. The summed E-state index contributed by atoms with van der Waals surface area (Å²) in [4.78, 5) is 21.1. The third-order valence-corrected chi connectivity index (χ3v) is 7.63. The Bertz CT molecular complexity index is 1200. The monoisotopic (exact) mass is 478 g/mol. The van der Waals surface area contributed by atoms with Crippen molar-refractivity contribution in [3.8, 4) is 17.2 Å². The number of hydrogen-bond acceptors (Lipinski definition) is 11. The van der Waals surface area contributed by atoms with Crippen LogP contribution < -0.4 is 21.3 Å². The van der Waals surface area contributed by atoms with E-state index in [1.807, 2.05) is 0 Å². The normalized spacial score (nSPS) is 14.5. The SMILES string of the molecule is CSC(C(c1cnc(N)c(-c2nc(C)no2)c1)C(N)C(=O)Oc1ccccc1)S(N)(=O)=O. The highest BCUT2D eigenvalue weighted by molar-refractivity contribution is 8.12. The van der Waals surface area contributed by atoms with Crippen molar-refractivity contribution in [1.29, 1.82) is 0 Å². The summed E-state index contributed by atoms with van der Waals surface area (Å²) < 4.78 is 33.9. The molecule has 11 nitrogen and oxygen atoms in total. The standard InChI is InChI=1S/C19H22N6O5S2/c1-10-24-17(30-25-10)13-8-11(9-23-16(13)21)14(19(31-2)32(22,27)28)15(20)18(26)29-12-6-4-3-5-7-12/h3-9,14-15,19H,20H2,1-2H3,(H2,21,23)(H2,22,27,28). The lowest BCUT2D eigenvalue weighted by Gasteiger charge is -2.28. The fraction of sp³-hybridized carbons (Fsp3) is 0.263. The Kier molecular flexibility index (Phi) is 7.13. The number of primary sulfonamides is 1. The molecule has 2 heterocycles. The van der Waals surface area contributed by atoms with Gasteiger partial charge in [0.25, 0.3) is 5.89 Å². The molecule has 0 saturated carbocycles. The minimum atomic E-state index is -4.13. The number of para-hydroxylation sites is 1. The summed E-state index contributed by atoms with van der Waals surface area (Å²) in [7, 11) is -4.13. The Balaban J connectivity index is 2.06. The van der Waals surface area contributed by atoms with Crippen LogP contribution in [0.1, 0.15) is 17.3 Å². The second kappa shape index (κ2) is 9.65. The summed E-state index contributed by atoms with van der Waals surface area (Å²) in [5, 5.41) is 9.18. The van der Waals surface area contributed by atoms with Crippen molar-refractivity contribution < 1.29 is 22.5 Å². The van der Waals surface area contributed by atoms with Crippen LogP contribution in [0.3, 0.4) is 0 Å². The van der Waals surface area contributed by atoms with Gasteiger partial charge >= 0.3 is 5.97 Å². The minimum Gasteiger partial charge on any atom is -0.425 e. The second-order valence-corrected chi connectivity index (χ2v) is 9.79. The van der Waals surface area contributed by atoms with Crippen LogP contribution in [0.4, 0.5) is 5.82 Å². The predicted molar refractivity (Wildman–Crippen MR) is 120 cm³/mol. The van der Waals surface area contributed by atoms with Gasteiger partial charge in [-0.05, 0) is 36.9 Å². The number of pyridine rings is 1. The summed E-state index contributed by atoms with van der Waals surface area (Å²) in [6.45, 7) is 1.63. The molecule has 170 valence electrons. The van der Waals surface area contributed by atoms with E-state index in [2.05, 4.69) is 15.1 Å². The van der Waals surface area contributed by atoms with Crippen molar-refractivity contribution in [3.05, 3.63) is 54.0 Å². The number of anilines is 1. The molecule has 0 aliphatic rings. The summed E-state index contributed by atoms with van der Waals surface area (Å²) >= 11 is 0.931. The molecule has 3 rings (SSSR count). The Morgan fingerprint density at radius 3 is 2.50 bits per heavy atom. The van der Waals surface area contributed by atoms with E-state index in [1.165, 1.54) is 12.3 Å². The van der Waals surface area contributed by atoms with E-state index in [9.17, 15) is 13.2 Å². The number of thioether (sulfide) groups is 1. The Hall–Kier alpha value is -3.00. The lowest BCUT2D eigenvalue weighted by atomic mass is 9.93. The van der Waals surface area contributed by atoms with E-state index in [0.717, 1.165) is 11.8 Å². The number of carbonyl (C=O) groups is 1. The molecular weight excluding hydrogens is 456 g/mol. The van der Waals surface area contributed by atoms with Crippen molar-refractivity contribution >= 4 is 33.6 Å². The maximum absolute atomic E-state index is 12.8. The van der Waals surface area contributed by atoms with Gasteiger partial charge in [-0.2, -0.15) is 4.98 Å². The first-order valence-corrected chi connectivity index (χ1v) is 12.1. The second-order valence-electron chi connectivity index (χ2n) is 6.83. The predicted octanol–water partition coefficient (Wildman–Crippen LogP) is 1.02. The van der Waals surface area contributed by atoms with Gasteiger partial charge in [0.1, 0.15) is 22.2 Å². The summed E-state index contributed by atoms with van der Waals surface area (Å²) in [5.41, 5.74) is 12.7. The van der Waals surface area contributed by atoms with Crippen LogP contribution in [0, 0.1) is 6.92 Å². The molecule has 2 aromatic heterocycles. The summed E-state index contributed by atoms with van der Waals surface area (Å²) in [6, 6.07) is 8.38. The molecule has 3 atom stereocenters. The largest absolute Gasteiger partial charge is 0.425 e. The highest BCUT2D eigenvalue weighted by Crippen LogP contribution is 2.35. The number of hydrogen-bond donors (Lipinski definition) is 3. The Morgan fingerprint density at radius 2 is 1.94 bits per heavy atom. The highest BCUT2D eigenvalue weighted by Gasteiger charge is 2.40. The molecular formula is C19H22N6O5S2. The molecule has 13 heteroatoms. The van der Waals surface area contributed by atoms with Gasteiger partial charge in [-0.1, -0.05) is 23.4 Å². The van der Waals surface area contributed by atoms with E-state index in [1.54, 1.807) is 43.5 Å². The molecule has 0 aliphatic heterocycles. The van der Waals surface area contributed by atoms with E-state index in [4.69, 9.17) is 25.9 Å². The van der Waals surface area contributed by atoms with Crippen molar-refractivity contribution in [1.82, 2.24) is 15.1 Å². The first-order valence-electron chi connectivity index (χ1n) is 9.24. The Morgan fingerprint density at radius 1 is 1.25 bits per heavy atom. The topological polar surface area (TPSA) is 190 Å². The number of esters is 1. The number of aromatic nitrogens is 3. The zero-order valence-electron chi connectivity index (χ0n) is 17.2. The number of sulfonamides is 1. The smallest absolute Gasteiger partial charge is 0.329 e. The quantitative estimate of drug-likeness (QED) is 0.309. The van der Waals surface area contributed by atoms with Gasteiger partial charge in [0.15, 0.2) is 5.82 Å². The molecule has 0 spiro atoms. The number of nitrogen functional groups attached to an aromatic ring is 1. The molecule has 0 saturated heterocycles. The first kappa shape index (κ1) is 23.7. The van der Waals surface area contributed by atoms with E-state index >= 15 is 0 Å². The van der Waals surface area contributed by atoms with Crippen LogP contribution in [0.5, 0.6) is 5.75 Å². The molecule has 0 aliphatic carbocycles. The molecule has 6 N–H and O–H groups in total. The summed E-state index contributed by atoms with van der Waals surface area (Å²) in [5.74, 6) is -1.16. The van der Waals surface area contributed by atoms with E-state index in [-0.39, 0.29) is 28.6 Å². The van der Waals surface area contributed by atoms with Gasteiger partial charge in [0.05, 0.1) is 5.56 Å². The van der Waals surface area contributed by atoms with Gasteiger partial charge < -0.3 is 20.7 Å². The third kappa shape index (κ3) is 5.24. The molecule has 0 amide bonds. The maximum atomic E-state index is 12.8. The van der Waals surface area contributed by atoms with Gasteiger partial charge in [-0.25, -0.2) is 23.3 Å². The molecule has 0 radical (unpaired) electrons. The van der Waals surface area contributed by atoms with Crippen LogP contribution in [0.25, 0.3) is 11.5 Å². The number of carbonyl (C=O) groups excluding carboxylic acids is 1. The molecule has 3 aromatic rings. The van der Waals surface area contributed by atoms with Crippen LogP contribution in [-0.2, 0) is 14.8 Å². The number of aryl methyl sites for hydroxylation is 1. The first-order chi connectivity index (χ1) is 15.1. The zero-order valence-corrected chi connectivity index (χ0v) is 18.8.